The van der Waals surface area contributed by atoms with Crippen LogP contribution in [-0.4, -0.2) is 21.3 Å². The summed E-state index contributed by atoms with van der Waals surface area (Å²) < 4.78 is 0. The van der Waals surface area contributed by atoms with Crippen molar-refractivity contribution in [3.63, 3.8) is 0 Å². The molecule has 4 heteroatoms. The van der Waals surface area contributed by atoms with Crippen LogP contribution in [0.25, 0.3) is 0 Å². The molecular weight excluding hydrogens is 168 g/mol. The molecule has 0 aromatic carbocycles. The van der Waals surface area contributed by atoms with Gasteiger partial charge < -0.3 is 5.11 Å². The van der Waals surface area contributed by atoms with E-state index in [1.807, 2.05) is 0 Å². The van der Waals surface area contributed by atoms with E-state index in [2.05, 4.69) is 10.2 Å². The van der Waals surface area contributed by atoms with Crippen molar-refractivity contribution in [1.82, 2.24) is 10.2 Å². The van der Waals surface area contributed by atoms with Gasteiger partial charge in [-0.3, -0.25) is 4.79 Å². The van der Waals surface area contributed by atoms with Crippen molar-refractivity contribution in [3.05, 3.63) is 24.0 Å². The molecular formula is C9H10N2O2. The summed E-state index contributed by atoms with van der Waals surface area (Å²) in [5.41, 5.74) is -0.150. The Balaban J connectivity index is 2.38. The second-order valence-electron chi connectivity index (χ2n) is 3.35. The van der Waals surface area contributed by atoms with Gasteiger partial charge in [-0.15, -0.1) is 0 Å². The van der Waals surface area contributed by atoms with Gasteiger partial charge in [-0.2, -0.15) is 10.2 Å². The van der Waals surface area contributed by atoms with Crippen LogP contribution in [0.3, 0.4) is 0 Å². The molecule has 1 aliphatic carbocycles. The topological polar surface area (TPSA) is 63.1 Å². The third-order valence-corrected chi connectivity index (χ3v) is 2.68. The molecule has 1 heterocycles. The molecule has 0 saturated heterocycles. The number of rotatable bonds is 2. The zero-order chi connectivity index (χ0) is 9.31. The molecule has 2 rings (SSSR count). The Bertz CT molecular complexity index is 320. The summed E-state index contributed by atoms with van der Waals surface area (Å²) in [5.74, 6) is -0.778. The van der Waals surface area contributed by atoms with Crippen molar-refractivity contribution in [2.45, 2.75) is 24.7 Å². The quantitative estimate of drug-likeness (QED) is 0.733. The number of aromatic nitrogens is 2. The number of nitrogens with zero attached hydrogens (tertiary/aromatic N) is 2. The molecule has 0 atom stereocenters. The predicted octanol–water partition coefficient (Wildman–Crippen LogP) is 0.983. The van der Waals surface area contributed by atoms with Crippen LogP contribution >= 0.6 is 0 Å². The van der Waals surface area contributed by atoms with Crippen LogP contribution in [0.1, 0.15) is 25.0 Å². The van der Waals surface area contributed by atoms with E-state index in [4.69, 9.17) is 5.11 Å². The fourth-order valence-electron chi connectivity index (χ4n) is 1.67. The zero-order valence-electron chi connectivity index (χ0n) is 7.10. The molecule has 13 heavy (non-hydrogen) atoms. The Hall–Kier alpha value is -1.45. The summed E-state index contributed by atoms with van der Waals surface area (Å²) >= 11 is 0. The average Bonchev–Trinajstić information content (AvgIpc) is 2.03. The van der Waals surface area contributed by atoms with Crippen molar-refractivity contribution in [2.75, 3.05) is 0 Å². The van der Waals surface area contributed by atoms with E-state index < -0.39 is 11.4 Å². The highest BCUT2D eigenvalue weighted by Crippen LogP contribution is 2.42. The lowest BCUT2D eigenvalue weighted by Crippen LogP contribution is -2.43. The Labute approximate surface area is 75.6 Å². The lowest BCUT2D eigenvalue weighted by molar-refractivity contribution is -0.147. The number of carbonyl (C=O) groups is 1. The van der Waals surface area contributed by atoms with E-state index in [1.54, 1.807) is 18.3 Å². The molecule has 0 bridgehead atoms. The fraction of sp³-hybridized carbons (Fsp3) is 0.444. The van der Waals surface area contributed by atoms with Gasteiger partial charge in [0.1, 0.15) is 5.41 Å². The molecule has 4 nitrogen and oxygen atoms in total. The summed E-state index contributed by atoms with van der Waals surface area (Å²) in [6.07, 6.45) is 3.88. The average molecular weight is 178 g/mol. The predicted molar refractivity (Wildman–Crippen MR) is 45.2 cm³/mol. The molecule has 1 saturated carbocycles. The smallest absolute Gasteiger partial charge is 0.315 e. The van der Waals surface area contributed by atoms with Gasteiger partial charge in [0.15, 0.2) is 0 Å². The zero-order valence-corrected chi connectivity index (χ0v) is 7.10. The van der Waals surface area contributed by atoms with Gasteiger partial charge in [-0.1, -0.05) is 6.42 Å². The van der Waals surface area contributed by atoms with Crippen molar-refractivity contribution in [2.24, 2.45) is 0 Å². The first kappa shape index (κ1) is 8.16. The maximum atomic E-state index is 11.0. The van der Waals surface area contributed by atoms with Crippen LogP contribution in [0.4, 0.5) is 0 Å². The lowest BCUT2D eigenvalue weighted by Gasteiger charge is -2.36. The molecule has 1 aliphatic rings. The highest BCUT2D eigenvalue weighted by Gasteiger charge is 2.47. The normalized spacial score (nSPS) is 19.1. The van der Waals surface area contributed by atoms with Crippen LogP contribution in [0.2, 0.25) is 0 Å². The number of hydrogen-bond acceptors (Lipinski definition) is 3. The number of aliphatic carboxylic acids is 1. The SMILES string of the molecule is O=C(O)C1(c2cccnn2)CCC1. The van der Waals surface area contributed by atoms with Gasteiger partial charge in [0.05, 0.1) is 5.69 Å². The van der Waals surface area contributed by atoms with Crippen LogP contribution in [0, 0.1) is 0 Å². The van der Waals surface area contributed by atoms with Gasteiger partial charge in [0, 0.05) is 6.20 Å². The lowest BCUT2D eigenvalue weighted by atomic mass is 9.66. The Morgan fingerprint density at radius 2 is 2.31 bits per heavy atom. The summed E-state index contributed by atoms with van der Waals surface area (Å²) in [6.45, 7) is 0. The van der Waals surface area contributed by atoms with Gasteiger partial charge in [-0.25, -0.2) is 0 Å². The van der Waals surface area contributed by atoms with E-state index in [0.29, 0.717) is 18.5 Å². The van der Waals surface area contributed by atoms with E-state index in [0.717, 1.165) is 6.42 Å². The van der Waals surface area contributed by atoms with Crippen LogP contribution in [-0.2, 0) is 10.2 Å². The summed E-state index contributed by atoms with van der Waals surface area (Å²) in [7, 11) is 0. The largest absolute Gasteiger partial charge is 0.481 e. The minimum absolute atomic E-state index is 0.591. The molecule has 0 unspecified atom stereocenters. The fourth-order valence-corrected chi connectivity index (χ4v) is 1.67. The third-order valence-electron chi connectivity index (χ3n) is 2.68. The molecule has 1 fully saturated rings. The molecule has 0 amide bonds. The second-order valence-corrected chi connectivity index (χ2v) is 3.35. The molecule has 1 aromatic rings. The number of carboxylic acid groups (broad SMARTS) is 1. The highest BCUT2D eigenvalue weighted by atomic mass is 16.4. The Morgan fingerprint density at radius 3 is 2.69 bits per heavy atom. The Kier molecular flexibility index (Phi) is 1.76. The maximum absolute atomic E-state index is 11.0. The van der Waals surface area contributed by atoms with Crippen LogP contribution in [0.5, 0.6) is 0 Å². The number of carboxylic acids is 1. The van der Waals surface area contributed by atoms with Crippen LogP contribution in [0.15, 0.2) is 18.3 Å². The third kappa shape index (κ3) is 1.09. The van der Waals surface area contributed by atoms with E-state index >= 15 is 0 Å². The standard InChI is InChI=1S/C9H10N2O2/c12-8(13)9(4-2-5-9)7-3-1-6-10-11-7/h1,3,6H,2,4-5H2,(H,12,13). The van der Waals surface area contributed by atoms with Crippen molar-refractivity contribution in [1.29, 1.82) is 0 Å². The second kappa shape index (κ2) is 2.80. The van der Waals surface area contributed by atoms with Gasteiger partial charge in [-0.05, 0) is 25.0 Å². The van der Waals surface area contributed by atoms with Gasteiger partial charge >= 0.3 is 5.97 Å². The summed E-state index contributed by atoms with van der Waals surface area (Å²) in [4.78, 5) is 11.0. The molecule has 68 valence electrons. The van der Waals surface area contributed by atoms with Crippen molar-refractivity contribution >= 4 is 5.97 Å². The monoisotopic (exact) mass is 178 g/mol. The highest BCUT2D eigenvalue weighted by molar-refractivity contribution is 5.81. The molecule has 0 spiro atoms. The molecule has 0 aliphatic heterocycles. The first-order valence-corrected chi connectivity index (χ1v) is 4.27. The van der Waals surface area contributed by atoms with E-state index in [-0.39, 0.29) is 0 Å². The Morgan fingerprint density at radius 1 is 1.54 bits per heavy atom. The van der Waals surface area contributed by atoms with Crippen molar-refractivity contribution < 1.29 is 9.90 Å². The van der Waals surface area contributed by atoms with E-state index in [9.17, 15) is 4.79 Å². The first-order chi connectivity index (χ1) is 6.26. The molecule has 1 N–H and O–H groups in total. The minimum Gasteiger partial charge on any atom is -0.481 e. The maximum Gasteiger partial charge on any atom is 0.315 e. The van der Waals surface area contributed by atoms with Gasteiger partial charge in [0.2, 0.25) is 0 Å². The molecule has 1 aromatic heterocycles. The molecule has 0 radical (unpaired) electrons. The number of hydrogen-bond donors (Lipinski definition) is 1. The van der Waals surface area contributed by atoms with Crippen LogP contribution < -0.4 is 0 Å². The summed E-state index contributed by atoms with van der Waals surface area (Å²) in [5, 5.41) is 16.6. The van der Waals surface area contributed by atoms with Gasteiger partial charge in [0.25, 0.3) is 0 Å². The van der Waals surface area contributed by atoms with E-state index in [1.165, 1.54) is 0 Å². The summed E-state index contributed by atoms with van der Waals surface area (Å²) in [6, 6.07) is 3.46. The minimum atomic E-state index is -0.778. The first-order valence-electron chi connectivity index (χ1n) is 4.27. The van der Waals surface area contributed by atoms with Crippen molar-refractivity contribution in [3.8, 4) is 0 Å².